The summed E-state index contributed by atoms with van der Waals surface area (Å²) in [6.45, 7) is 3.50. The van der Waals surface area contributed by atoms with Crippen LogP contribution in [0.1, 0.15) is 17.0 Å². The van der Waals surface area contributed by atoms with E-state index >= 15 is 0 Å². The summed E-state index contributed by atoms with van der Waals surface area (Å²) in [6.07, 6.45) is 6.31. The highest BCUT2D eigenvalue weighted by Crippen LogP contribution is 2.23. The Bertz CT molecular complexity index is 823. The van der Waals surface area contributed by atoms with Crippen molar-refractivity contribution in [3.63, 3.8) is 0 Å². The molecule has 0 N–H and O–H groups in total. The van der Waals surface area contributed by atoms with E-state index in [4.69, 9.17) is 0 Å². The molecule has 0 saturated heterocycles. The molecule has 0 unspecified atom stereocenters. The van der Waals surface area contributed by atoms with Gasteiger partial charge in [-0.2, -0.15) is 0 Å². The monoisotopic (exact) mass is 309 g/mol. The number of hydrogen-bond acceptors (Lipinski definition) is 4. The molecule has 0 amide bonds. The molecule has 23 heavy (non-hydrogen) atoms. The van der Waals surface area contributed by atoms with Crippen molar-refractivity contribution in [1.82, 2.24) is 19.5 Å². The van der Waals surface area contributed by atoms with Crippen LogP contribution in [-0.2, 0) is 13.0 Å². The number of halogens is 1. The predicted octanol–water partition coefficient (Wildman–Crippen LogP) is 2.67. The zero-order valence-electron chi connectivity index (χ0n) is 12.8. The van der Waals surface area contributed by atoms with Gasteiger partial charge >= 0.3 is 0 Å². The average molecular weight is 309 g/mol. The number of nitrogens with zero attached hydrogens (tertiary/aromatic N) is 5. The van der Waals surface area contributed by atoms with Crippen molar-refractivity contribution in [3.05, 3.63) is 65.8 Å². The maximum Gasteiger partial charge on any atom is 0.225 e. The molecule has 6 heteroatoms. The van der Waals surface area contributed by atoms with Crippen molar-refractivity contribution in [2.45, 2.75) is 19.9 Å². The van der Waals surface area contributed by atoms with Crippen LogP contribution in [0.15, 0.2) is 43.0 Å². The molecule has 0 spiro atoms. The summed E-state index contributed by atoms with van der Waals surface area (Å²) in [5.74, 6) is 0.503. The van der Waals surface area contributed by atoms with Gasteiger partial charge in [-0.15, -0.1) is 0 Å². The van der Waals surface area contributed by atoms with Crippen LogP contribution in [0, 0.1) is 12.7 Å². The highest BCUT2D eigenvalue weighted by molar-refractivity contribution is 5.40. The summed E-state index contributed by atoms with van der Waals surface area (Å²) in [7, 11) is 0. The third-order valence-corrected chi connectivity index (χ3v) is 4.07. The second-order valence-electron chi connectivity index (χ2n) is 5.72. The van der Waals surface area contributed by atoms with Crippen molar-refractivity contribution in [1.29, 1.82) is 0 Å². The molecular weight excluding hydrogens is 293 g/mol. The molecule has 4 rings (SSSR count). The van der Waals surface area contributed by atoms with Gasteiger partial charge in [-0.1, -0.05) is 0 Å². The van der Waals surface area contributed by atoms with Gasteiger partial charge in [0.2, 0.25) is 5.95 Å². The molecule has 0 saturated carbocycles. The topological polar surface area (TPSA) is 46.8 Å². The third-order valence-electron chi connectivity index (χ3n) is 4.07. The maximum absolute atomic E-state index is 13.1. The molecular formula is C17H16FN5. The van der Waals surface area contributed by atoms with E-state index in [0.717, 1.165) is 35.9 Å². The van der Waals surface area contributed by atoms with Gasteiger partial charge in [0.05, 0.1) is 18.6 Å². The van der Waals surface area contributed by atoms with Crippen molar-refractivity contribution >= 4 is 5.95 Å². The molecule has 1 aliphatic rings. The Morgan fingerprint density at radius 2 is 1.78 bits per heavy atom. The van der Waals surface area contributed by atoms with Crippen LogP contribution in [0.4, 0.5) is 10.3 Å². The summed E-state index contributed by atoms with van der Waals surface area (Å²) < 4.78 is 15.1. The quantitative estimate of drug-likeness (QED) is 0.730. The van der Waals surface area contributed by atoms with E-state index in [2.05, 4.69) is 19.9 Å². The fourth-order valence-electron chi connectivity index (χ4n) is 2.85. The normalized spacial score (nSPS) is 13.9. The van der Waals surface area contributed by atoms with E-state index in [-0.39, 0.29) is 5.82 Å². The van der Waals surface area contributed by atoms with Gasteiger partial charge in [-0.3, -0.25) is 0 Å². The number of aromatic nitrogens is 4. The van der Waals surface area contributed by atoms with E-state index in [1.807, 2.05) is 23.9 Å². The maximum atomic E-state index is 13.1. The SMILES string of the molecule is Cc1cnc(N2CCc3c(ncn3-c3ccc(F)cc3)C2)nc1. The number of aryl methyl sites for hydroxylation is 1. The molecule has 1 aromatic carbocycles. The van der Waals surface area contributed by atoms with E-state index in [1.165, 1.54) is 17.8 Å². The lowest BCUT2D eigenvalue weighted by Gasteiger charge is -2.27. The van der Waals surface area contributed by atoms with Crippen LogP contribution in [0.3, 0.4) is 0 Å². The molecule has 1 aliphatic heterocycles. The van der Waals surface area contributed by atoms with Crippen LogP contribution < -0.4 is 4.90 Å². The number of benzene rings is 1. The first kappa shape index (κ1) is 13.9. The van der Waals surface area contributed by atoms with Crippen molar-refractivity contribution < 1.29 is 4.39 Å². The summed E-state index contributed by atoms with van der Waals surface area (Å²) >= 11 is 0. The molecule has 0 bridgehead atoms. The van der Waals surface area contributed by atoms with Crippen LogP contribution in [0.5, 0.6) is 0 Å². The molecule has 5 nitrogen and oxygen atoms in total. The minimum absolute atomic E-state index is 0.231. The molecule has 2 aromatic heterocycles. The molecule has 0 fully saturated rings. The van der Waals surface area contributed by atoms with E-state index in [0.29, 0.717) is 6.54 Å². The molecule has 3 heterocycles. The second-order valence-corrected chi connectivity index (χ2v) is 5.72. The highest BCUT2D eigenvalue weighted by atomic mass is 19.1. The Labute approximate surface area is 133 Å². The lowest BCUT2D eigenvalue weighted by Crippen LogP contribution is -2.32. The van der Waals surface area contributed by atoms with Gasteiger partial charge in [0.1, 0.15) is 5.82 Å². The minimum Gasteiger partial charge on any atom is -0.334 e. The largest absolute Gasteiger partial charge is 0.334 e. The lowest BCUT2D eigenvalue weighted by molar-refractivity contribution is 0.627. The van der Waals surface area contributed by atoms with Crippen molar-refractivity contribution in [2.75, 3.05) is 11.4 Å². The Morgan fingerprint density at radius 1 is 1.04 bits per heavy atom. The van der Waals surface area contributed by atoms with Gasteiger partial charge in [-0.05, 0) is 36.8 Å². The van der Waals surface area contributed by atoms with Gasteiger partial charge in [0.25, 0.3) is 0 Å². The van der Waals surface area contributed by atoms with E-state index < -0.39 is 0 Å². The Balaban J connectivity index is 1.62. The lowest BCUT2D eigenvalue weighted by atomic mass is 10.1. The zero-order valence-corrected chi connectivity index (χ0v) is 12.8. The van der Waals surface area contributed by atoms with E-state index in [9.17, 15) is 4.39 Å². The second kappa shape index (κ2) is 5.46. The summed E-state index contributed by atoms with van der Waals surface area (Å²) in [6, 6.07) is 6.48. The fourth-order valence-corrected chi connectivity index (χ4v) is 2.85. The van der Waals surface area contributed by atoms with Gasteiger partial charge in [-0.25, -0.2) is 19.3 Å². The molecule has 0 aliphatic carbocycles. The summed E-state index contributed by atoms with van der Waals surface area (Å²) in [5, 5.41) is 0. The molecule has 3 aromatic rings. The van der Waals surface area contributed by atoms with Gasteiger partial charge < -0.3 is 9.47 Å². The van der Waals surface area contributed by atoms with Crippen LogP contribution in [0.25, 0.3) is 5.69 Å². The van der Waals surface area contributed by atoms with Crippen LogP contribution in [-0.4, -0.2) is 26.1 Å². The average Bonchev–Trinajstić information content (AvgIpc) is 2.99. The standard InChI is InChI=1S/C17H16FN5/c1-12-8-19-17(20-9-12)22-7-6-16-15(10-22)21-11-23(16)14-4-2-13(18)3-5-14/h2-5,8-9,11H,6-7,10H2,1H3. The third kappa shape index (κ3) is 2.56. The molecule has 116 valence electrons. The number of imidazole rings is 1. The number of rotatable bonds is 2. The fraction of sp³-hybridized carbons (Fsp3) is 0.235. The smallest absolute Gasteiger partial charge is 0.225 e. The highest BCUT2D eigenvalue weighted by Gasteiger charge is 2.23. The minimum atomic E-state index is -0.231. The van der Waals surface area contributed by atoms with E-state index in [1.54, 1.807) is 18.5 Å². The predicted molar refractivity (Wildman–Crippen MR) is 85.0 cm³/mol. The van der Waals surface area contributed by atoms with Crippen LogP contribution >= 0.6 is 0 Å². The number of anilines is 1. The first-order chi connectivity index (χ1) is 11.2. The number of hydrogen-bond donors (Lipinski definition) is 0. The Kier molecular flexibility index (Phi) is 3.29. The van der Waals surface area contributed by atoms with Crippen LogP contribution in [0.2, 0.25) is 0 Å². The van der Waals surface area contributed by atoms with Crippen molar-refractivity contribution in [3.8, 4) is 5.69 Å². The first-order valence-electron chi connectivity index (χ1n) is 7.55. The number of fused-ring (bicyclic) bond motifs is 1. The zero-order chi connectivity index (χ0) is 15.8. The Hall–Kier alpha value is -2.76. The summed E-state index contributed by atoms with van der Waals surface area (Å²) in [4.78, 5) is 15.4. The molecule has 0 radical (unpaired) electrons. The summed E-state index contributed by atoms with van der Waals surface area (Å²) in [5.41, 5.74) is 4.16. The van der Waals surface area contributed by atoms with Gasteiger partial charge in [0, 0.05) is 36.7 Å². The molecule has 0 atom stereocenters. The Morgan fingerprint density at radius 3 is 2.52 bits per heavy atom. The first-order valence-corrected chi connectivity index (χ1v) is 7.55. The van der Waals surface area contributed by atoms with Gasteiger partial charge in [0.15, 0.2) is 0 Å². The van der Waals surface area contributed by atoms with Crippen molar-refractivity contribution in [2.24, 2.45) is 0 Å².